The second-order valence-electron chi connectivity index (χ2n) is 3.94. The molecule has 0 aromatic heterocycles. The molecule has 17 heavy (non-hydrogen) atoms. The smallest absolute Gasteiger partial charge is 0.304 e. The first-order chi connectivity index (χ1) is 8.02. The Bertz CT molecular complexity index is 232. The Balaban J connectivity index is 3.26. The minimum absolute atomic E-state index is 0.0233. The summed E-state index contributed by atoms with van der Waals surface area (Å²) in [5, 5.41) is 13.8. The van der Waals surface area contributed by atoms with Crippen molar-refractivity contribution in [3.8, 4) is 0 Å². The summed E-state index contributed by atoms with van der Waals surface area (Å²) in [6.45, 7) is 5.59. The zero-order chi connectivity index (χ0) is 13.1. The molecule has 0 saturated heterocycles. The van der Waals surface area contributed by atoms with Crippen LogP contribution >= 0.6 is 0 Å². The molecule has 0 aliphatic rings. The van der Waals surface area contributed by atoms with Gasteiger partial charge < -0.3 is 20.5 Å². The van der Waals surface area contributed by atoms with Crippen LogP contribution in [-0.4, -0.2) is 49.3 Å². The normalized spacial score (nSPS) is 10.5. The molecular weight excluding hydrogens is 224 g/mol. The largest absolute Gasteiger partial charge is 0.481 e. The van der Waals surface area contributed by atoms with Gasteiger partial charge in [-0.05, 0) is 20.3 Å². The summed E-state index contributed by atoms with van der Waals surface area (Å²) in [5.74, 6) is -0.997. The van der Waals surface area contributed by atoms with Gasteiger partial charge in [0.05, 0.1) is 19.1 Å². The maximum absolute atomic E-state index is 11.2. The van der Waals surface area contributed by atoms with Crippen LogP contribution in [0.15, 0.2) is 0 Å². The van der Waals surface area contributed by atoms with E-state index in [4.69, 9.17) is 9.84 Å². The van der Waals surface area contributed by atoms with Crippen LogP contribution in [0.2, 0.25) is 0 Å². The molecule has 0 bridgehead atoms. The van der Waals surface area contributed by atoms with E-state index in [9.17, 15) is 9.59 Å². The number of hydrogen-bond donors (Lipinski definition) is 3. The van der Waals surface area contributed by atoms with Crippen molar-refractivity contribution in [2.24, 2.45) is 0 Å². The lowest BCUT2D eigenvalue weighted by molar-refractivity contribution is -0.137. The van der Waals surface area contributed by atoms with E-state index < -0.39 is 5.97 Å². The molecule has 6 nitrogen and oxygen atoms in total. The van der Waals surface area contributed by atoms with Crippen molar-refractivity contribution in [2.45, 2.75) is 32.8 Å². The van der Waals surface area contributed by atoms with Gasteiger partial charge in [0, 0.05) is 19.7 Å². The average Bonchev–Trinajstić information content (AvgIpc) is 2.23. The molecule has 100 valence electrons. The summed E-state index contributed by atoms with van der Waals surface area (Å²) in [6, 6.07) is 0. The van der Waals surface area contributed by atoms with Crippen LogP contribution in [0.3, 0.4) is 0 Å². The standard InChI is InChI=1S/C11H22N2O4/c1-9(2)17-7-3-5-13-10(14)8-12-6-4-11(15)16/h9,12H,3-8H2,1-2H3,(H,13,14)(H,15,16). The quantitative estimate of drug-likeness (QED) is 0.472. The zero-order valence-electron chi connectivity index (χ0n) is 10.5. The summed E-state index contributed by atoms with van der Waals surface area (Å²) in [6.07, 6.45) is 1.01. The first-order valence-electron chi connectivity index (χ1n) is 5.83. The van der Waals surface area contributed by atoms with E-state index in [2.05, 4.69) is 10.6 Å². The molecule has 6 heteroatoms. The molecule has 3 N–H and O–H groups in total. The fourth-order valence-electron chi connectivity index (χ4n) is 1.08. The van der Waals surface area contributed by atoms with Crippen molar-refractivity contribution in [1.82, 2.24) is 10.6 Å². The molecule has 1 amide bonds. The van der Waals surface area contributed by atoms with E-state index in [0.717, 1.165) is 6.42 Å². The first-order valence-corrected chi connectivity index (χ1v) is 5.83. The second kappa shape index (κ2) is 10.0. The number of carboxylic acid groups (broad SMARTS) is 1. The Morgan fingerprint density at radius 3 is 2.59 bits per heavy atom. The highest BCUT2D eigenvalue weighted by molar-refractivity contribution is 5.78. The van der Waals surface area contributed by atoms with Crippen LogP contribution in [0.5, 0.6) is 0 Å². The maximum Gasteiger partial charge on any atom is 0.304 e. The third-order valence-electron chi connectivity index (χ3n) is 1.90. The van der Waals surface area contributed by atoms with Crippen LogP contribution in [0.1, 0.15) is 26.7 Å². The molecule has 0 rings (SSSR count). The summed E-state index contributed by atoms with van der Waals surface area (Å²) < 4.78 is 5.32. The van der Waals surface area contributed by atoms with Crippen LogP contribution in [0.4, 0.5) is 0 Å². The van der Waals surface area contributed by atoms with Crippen molar-refractivity contribution >= 4 is 11.9 Å². The number of carbonyl (C=O) groups is 2. The van der Waals surface area contributed by atoms with Crippen LogP contribution in [0.25, 0.3) is 0 Å². The van der Waals surface area contributed by atoms with Crippen molar-refractivity contribution in [3.63, 3.8) is 0 Å². The number of carboxylic acids is 1. The fourth-order valence-corrected chi connectivity index (χ4v) is 1.08. The lowest BCUT2D eigenvalue weighted by Crippen LogP contribution is -2.35. The second-order valence-corrected chi connectivity index (χ2v) is 3.94. The summed E-state index contributed by atoms with van der Waals surface area (Å²) >= 11 is 0. The van der Waals surface area contributed by atoms with Gasteiger partial charge in [-0.25, -0.2) is 0 Å². The minimum Gasteiger partial charge on any atom is -0.481 e. The van der Waals surface area contributed by atoms with E-state index in [1.807, 2.05) is 13.8 Å². The van der Waals surface area contributed by atoms with Gasteiger partial charge in [-0.1, -0.05) is 0 Å². The van der Waals surface area contributed by atoms with Crippen LogP contribution in [-0.2, 0) is 14.3 Å². The third-order valence-corrected chi connectivity index (χ3v) is 1.90. The molecule has 0 aromatic carbocycles. The predicted molar refractivity (Wildman–Crippen MR) is 63.8 cm³/mol. The average molecular weight is 246 g/mol. The van der Waals surface area contributed by atoms with Gasteiger partial charge in [-0.15, -0.1) is 0 Å². The maximum atomic E-state index is 11.2. The topological polar surface area (TPSA) is 87.7 Å². The molecule has 0 atom stereocenters. The van der Waals surface area contributed by atoms with Gasteiger partial charge >= 0.3 is 5.97 Å². The van der Waals surface area contributed by atoms with Crippen molar-refractivity contribution in [1.29, 1.82) is 0 Å². The van der Waals surface area contributed by atoms with E-state index in [0.29, 0.717) is 19.7 Å². The highest BCUT2D eigenvalue weighted by Gasteiger charge is 2.01. The molecule has 0 unspecified atom stereocenters. The molecular formula is C11H22N2O4. The number of ether oxygens (including phenoxy) is 1. The van der Waals surface area contributed by atoms with E-state index in [1.165, 1.54) is 0 Å². The first kappa shape index (κ1) is 15.9. The summed E-state index contributed by atoms with van der Waals surface area (Å²) in [4.78, 5) is 21.4. The lowest BCUT2D eigenvalue weighted by atomic mass is 10.4. The number of hydrogen-bond acceptors (Lipinski definition) is 4. The predicted octanol–water partition coefficient (Wildman–Crippen LogP) is -0.0180. The van der Waals surface area contributed by atoms with Gasteiger partial charge in [0.1, 0.15) is 0 Å². The minimum atomic E-state index is -0.872. The van der Waals surface area contributed by atoms with Crippen molar-refractivity contribution in [2.75, 3.05) is 26.2 Å². The fraction of sp³-hybridized carbons (Fsp3) is 0.818. The number of rotatable bonds is 10. The zero-order valence-corrected chi connectivity index (χ0v) is 10.5. The van der Waals surface area contributed by atoms with Crippen LogP contribution < -0.4 is 10.6 Å². The van der Waals surface area contributed by atoms with E-state index in [1.54, 1.807) is 0 Å². The van der Waals surface area contributed by atoms with Gasteiger partial charge in [-0.3, -0.25) is 9.59 Å². The van der Waals surface area contributed by atoms with Gasteiger partial charge in [0.15, 0.2) is 0 Å². The van der Waals surface area contributed by atoms with Gasteiger partial charge in [0.2, 0.25) is 5.91 Å². The van der Waals surface area contributed by atoms with Crippen molar-refractivity contribution in [3.05, 3.63) is 0 Å². The Morgan fingerprint density at radius 1 is 1.29 bits per heavy atom. The number of nitrogens with one attached hydrogen (secondary N) is 2. The SMILES string of the molecule is CC(C)OCCCNC(=O)CNCCC(=O)O. The molecule has 0 aliphatic carbocycles. The Labute approximate surface area is 102 Å². The molecule has 0 spiro atoms. The van der Waals surface area contributed by atoms with E-state index >= 15 is 0 Å². The highest BCUT2D eigenvalue weighted by atomic mass is 16.5. The highest BCUT2D eigenvalue weighted by Crippen LogP contribution is 1.88. The Morgan fingerprint density at radius 2 is 2.00 bits per heavy atom. The molecule has 0 radical (unpaired) electrons. The number of carbonyl (C=O) groups excluding carboxylic acids is 1. The number of amides is 1. The Kier molecular flexibility index (Phi) is 9.37. The van der Waals surface area contributed by atoms with Crippen molar-refractivity contribution < 1.29 is 19.4 Å². The number of aliphatic carboxylic acids is 1. The lowest BCUT2D eigenvalue weighted by Gasteiger charge is -2.08. The molecule has 0 saturated carbocycles. The van der Waals surface area contributed by atoms with Gasteiger partial charge in [-0.2, -0.15) is 0 Å². The molecule has 0 fully saturated rings. The Hall–Kier alpha value is -1.14. The van der Waals surface area contributed by atoms with E-state index in [-0.39, 0.29) is 25.0 Å². The summed E-state index contributed by atoms with van der Waals surface area (Å²) in [7, 11) is 0. The molecule has 0 heterocycles. The summed E-state index contributed by atoms with van der Waals surface area (Å²) in [5.41, 5.74) is 0. The third kappa shape index (κ3) is 12.8. The molecule has 0 aliphatic heterocycles. The van der Waals surface area contributed by atoms with Crippen LogP contribution in [0, 0.1) is 0 Å². The monoisotopic (exact) mass is 246 g/mol. The van der Waals surface area contributed by atoms with Gasteiger partial charge in [0.25, 0.3) is 0 Å². The molecule has 0 aromatic rings.